The van der Waals surface area contributed by atoms with Gasteiger partial charge in [-0.3, -0.25) is 0 Å². The molecule has 0 aromatic carbocycles. The van der Waals surface area contributed by atoms with E-state index in [0.717, 1.165) is 25.7 Å². The maximum Gasteiger partial charge on any atom is 0.171 e. The first kappa shape index (κ1) is 14.5. The minimum atomic E-state index is -1.27. The molecule has 0 spiro atoms. The third-order valence-corrected chi connectivity index (χ3v) is 2.90. The maximum atomic E-state index is 14.1. The van der Waals surface area contributed by atoms with Gasteiger partial charge in [0.1, 0.15) is 0 Å². The van der Waals surface area contributed by atoms with Crippen LogP contribution >= 0.6 is 0 Å². The van der Waals surface area contributed by atoms with Crippen LogP contribution in [-0.2, 0) is 0 Å². The van der Waals surface area contributed by atoms with Crippen molar-refractivity contribution in [3.63, 3.8) is 0 Å². The summed E-state index contributed by atoms with van der Waals surface area (Å²) in [5, 5.41) is 0. The molecule has 15 heavy (non-hydrogen) atoms. The summed E-state index contributed by atoms with van der Waals surface area (Å²) in [6, 6.07) is 0. The molecule has 2 unspecified atom stereocenters. The fraction of sp³-hybridized carbons (Fsp3) is 0.857. The predicted molar refractivity (Wildman–Crippen MR) is 65.4 cm³/mol. The number of hydrogen-bond donors (Lipinski definition) is 0. The van der Waals surface area contributed by atoms with E-state index in [4.69, 9.17) is 0 Å². The Labute approximate surface area is 94.6 Å². The number of hydrogen-bond acceptors (Lipinski definition) is 0. The number of halogens is 1. The minimum Gasteiger partial charge on any atom is -0.230 e. The number of alkyl halides is 1. The van der Waals surface area contributed by atoms with Gasteiger partial charge < -0.3 is 0 Å². The lowest BCUT2D eigenvalue weighted by molar-refractivity contribution is 0.118. The lowest BCUT2D eigenvalue weighted by atomic mass is 9.78. The highest BCUT2D eigenvalue weighted by Crippen LogP contribution is 2.33. The van der Waals surface area contributed by atoms with Gasteiger partial charge in [-0.1, -0.05) is 46.0 Å². The van der Waals surface area contributed by atoms with Crippen LogP contribution in [0.3, 0.4) is 0 Å². The zero-order chi connectivity index (χ0) is 11.9. The summed E-state index contributed by atoms with van der Waals surface area (Å²) in [5.41, 5.74) is -1.27. The van der Waals surface area contributed by atoms with E-state index in [0.29, 0.717) is 5.92 Å². The van der Waals surface area contributed by atoms with E-state index in [1.54, 1.807) is 6.92 Å². The predicted octanol–water partition coefficient (Wildman–Crippen LogP) is 4.59. The van der Waals surface area contributed by atoms with Gasteiger partial charge in [-0.2, -0.15) is 0 Å². The second-order valence-corrected chi connectivity index (χ2v) is 4.47. The smallest absolute Gasteiger partial charge is 0.171 e. The monoisotopic (exact) mass is 212 g/mol. The fourth-order valence-corrected chi connectivity index (χ4v) is 2.14. The van der Waals surface area contributed by atoms with Crippen LogP contribution in [0.5, 0.6) is 0 Å². The molecule has 1 aliphatic rings. The van der Waals surface area contributed by atoms with Crippen LogP contribution < -0.4 is 0 Å². The molecule has 1 heteroatoms. The second kappa shape index (κ2) is 6.88. The highest BCUT2D eigenvalue weighted by atomic mass is 19.1. The van der Waals surface area contributed by atoms with Gasteiger partial charge in [0.2, 0.25) is 0 Å². The van der Waals surface area contributed by atoms with Crippen molar-refractivity contribution >= 4 is 0 Å². The minimum absolute atomic E-state index is 0.111. The Bertz CT molecular complexity index is 217. The van der Waals surface area contributed by atoms with E-state index in [1.165, 1.54) is 0 Å². The molecule has 0 aromatic heterocycles. The van der Waals surface area contributed by atoms with Crippen LogP contribution in [0.25, 0.3) is 0 Å². The van der Waals surface area contributed by atoms with Crippen molar-refractivity contribution in [2.75, 3.05) is 0 Å². The normalized spacial score (nSPS) is 30.5. The topological polar surface area (TPSA) is 0 Å². The first-order valence-corrected chi connectivity index (χ1v) is 6.23. The third kappa shape index (κ3) is 4.69. The quantitative estimate of drug-likeness (QED) is 0.558. The summed E-state index contributed by atoms with van der Waals surface area (Å²) in [4.78, 5) is 0. The van der Waals surface area contributed by atoms with Gasteiger partial charge in [-0.05, 0) is 25.7 Å². The fourth-order valence-electron chi connectivity index (χ4n) is 2.14. The molecule has 1 aliphatic carbocycles. The van der Waals surface area contributed by atoms with E-state index in [-0.39, 0.29) is 5.92 Å². The Kier molecular flexibility index (Phi) is 6.65. The maximum absolute atomic E-state index is 14.1. The zero-order valence-corrected chi connectivity index (χ0v) is 10.9. The molecule has 88 valence electrons. The van der Waals surface area contributed by atoms with E-state index < -0.39 is 5.67 Å². The van der Waals surface area contributed by atoms with Gasteiger partial charge >= 0.3 is 0 Å². The van der Waals surface area contributed by atoms with Gasteiger partial charge in [0.15, 0.2) is 5.67 Å². The molecular formula is C14H25F. The van der Waals surface area contributed by atoms with Crippen LogP contribution in [0.4, 0.5) is 4.39 Å². The molecule has 0 aliphatic heterocycles. The molecule has 0 aromatic rings. The molecule has 0 saturated heterocycles. The van der Waals surface area contributed by atoms with Gasteiger partial charge in [0, 0.05) is 12.3 Å². The number of rotatable bonds is 1. The Morgan fingerprint density at radius 2 is 1.87 bits per heavy atom. The van der Waals surface area contributed by atoms with Crippen molar-refractivity contribution in [1.82, 2.24) is 0 Å². The molecule has 0 amide bonds. The van der Waals surface area contributed by atoms with E-state index in [2.05, 4.69) is 25.7 Å². The SMILES string of the molecule is CC.CC(C)C1CCCCC#CC1(C)F. The van der Waals surface area contributed by atoms with Gasteiger partial charge in [-0.15, -0.1) is 0 Å². The zero-order valence-electron chi connectivity index (χ0n) is 10.9. The standard InChI is InChI=1S/C12H19F.C2H6/c1-10(2)11-8-6-4-5-7-9-12(11,3)13;1-2/h10-11H,4-6,8H2,1-3H3;1-2H3. The third-order valence-electron chi connectivity index (χ3n) is 2.90. The molecule has 0 saturated carbocycles. The Hall–Kier alpha value is -0.510. The molecule has 0 radical (unpaired) electrons. The van der Waals surface area contributed by atoms with Crippen molar-refractivity contribution in [2.45, 2.75) is 66.0 Å². The summed E-state index contributed by atoms with van der Waals surface area (Å²) in [6.07, 6.45) is 4.10. The highest BCUT2D eigenvalue weighted by molar-refractivity contribution is 5.15. The molecule has 1 rings (SSSR count). The van der Waals surface area contributed by atoms with Crippen LogP contribution in [0.1, 0.15) is 60.3 Å². The average Bonchev–Trinajstić information content (AvgIpc) is 2.15. The van der Waals surface area contributed by atoms with Crippen molar-refractivity contribution < 1.29 is 4.39 Å². The van der Waals surface area contributed by atoms with Gasteiger partial charge in [-0.25, -0.2) is 4.39 Å². The van der Waals surface area contributed by atoms with Crippen LogP contribution in [0.15, 0.2) is 0 Å². The largest absolute Gasteiger partial charge is 0.230 e. The average molecular weight is 212 g/mol. The second-order valence-electron chi connectivity index (χ2n) is 4.47. The van der Waals surface area contributed by atoms with Crippen molar-refractivity contribution in [3.8, 4) is 11.8 Å². The lowest BCUT2D eigenvalue weighted by Crippen LogP contribution is -2.32. The summed E-state index contributed by atoms with van der Waals surface area (Å²) in [5.74, 6) is 6.22. The summed E-state index contributed by atoms with van der Waals surface area (Å²) < 4.78 is 14.1. The van der Waals surface area contributed by atoms with Crippen LogP contribution in [0.2, 0.25) is 0 Å². The Balaban J connectivity index is 0.000000921. The molecule has 0 N–H and O–H groups in total. The Morgan fingerprint density at radius 1 is 1.27 bits per heavy atom. The van der Waals surface area contributed by atoms with E-state index >= 15 is 0 Å². The molecule has 0 fully saturated rings. The van der Waals surface area contributed by atoms with Crippen molar-refractivity contribution in [1.29, 1.82) is 0 Å². The molecule has 2 atom stereocenters. The molecule has 0 bridgehead atoms. The highest BCUT2D eigenvalue weighted by Gasteiger charge is 2.34. The first-order chi connectivity index (χ1) is 7.04. The summed E-state index contributed by atoms with van der Waals surface area (Å²) in [7, 11) is 0. The molecule has 0 nitrogen and oxygen atoms in total. The van der Waals surface area contributed by atoms with Gasteiger partial charge in [0.25, 0.3) is 0 Å². The van der Waals surface area contributed by atoms with Crippen molar-refractivity contribution in [2.24, 2.45) is 11.8 Å². The van der Waals surface area contributed by atoms with E-state index in [1.807, 2.05) is 13.8 Å². The Morgan fingerprint density at radius 3 is 2.40 bits per heavy atom. The van der Waals surface area contributed by atoms with Crippen LogP contribution in [-0.4, -0.2) is 5.67 Å². The molecule has 0 heterocycles. The van der Waals surface area contributed by atoms with Gasteiger partial charge in [0.05, 0.1) is 0 Å². The van der Waals surface area contributed by atoms with Crippen LogP contribution in [0, 0.1) is 23.7 Å². The van der Waals surface area contributed by atoms with E-state index in [9.17, 15) is 4.39 Å². The molecular weight excluding hydrogens is 187 g/mol. The summed E-state index contributed by atoms with van der Waals surface area (Å²) >= 11 is 0. The lowest BCUT2D eigenvalue weighted by Gasteiger charge is -2.30. The van der Waals surface area contributed by atoms with Crippen molar-refractivity contribution in [3.05, 3.63) is 0 Å². The first-order valence-electron chi connectivity index (χ1n) is 6.23. The summed E-state index contributed by atoms with van der Waals surface area (Å²) in [6.45, 7) is 9.81.